The number of ether oxygens (including phenoxy) is 1. The van der Waals surface area contributed by atoms with Gasteiger partial charge in [0.05, 0.1) is 13.0 Å². The first-order chi connectivity index (χ1) is 8.58. The summed E-state index contributed by atoms with van der Waals surface area (Å²) in [6.07, 6.45) is 1.68. The number of likely N-dealkylation sites (tertiary alicyclic amines) is 1. The minimum absolute atomic E-state index is 0. The van der Waals surface area contributed by atoms with E-state index >= 15 is 0 Å². The van der Waals surface area contributed by atoms with Gasteiger partial charge in [-0.25, -0.2) is 0 Å². The van der Waals surface area contributed by atoms with E-state index in [1.165, 1.54) is 7.11 Å². The van der Waals surface area contributed by atoms with Gasteiger partial charge in [-0.3, -0.25) is 9.79 Å². The fourth-order valence-electron chi connectivity index (χ4n) is 2.12. The van der Waals surface area contributed by atoms with Crippen LogP contribution in [0.2, 0.25) is 0 Å². The largest absolute Gasteiger partial charge is 0.469 e. The number of rotatable bonds is 3. The summed E-state index contributed by atoms with van der Waals surface area (Å²) >= 11 is 0. The molecule has 1 N–H and O–H groups in total. The van der Waals surface area contributed by atoms with Gasteiger partial charge >= 0.3 is 5.97 Å². The van der Waals surface area contributed by atoms with Crippen molar-refractivity contribution in [1.29, 1.82) is 0 Å². The Kier molecular flexibility index (Phi) is 9.12. The number of nitrogens with zero attached hydrogens (tertiary/aromatic N) is 2. The van der Waals surface area contributed by atoms with Gasteiger partial charge in [-0.2, -0.15) is 0 Å². The molecular formula is C13H26IN3O2. The minimum atomic E-state index is -0.0835. The third-order valence-corrected chi connectivity index (χ3v) is 3.21. The molecule has 0 bridgehead atoms. The van der Waals surface area contributed by atoms with Crippen LogP contribution in [0.5, 0.6) is 0 Å². The van der Waals surface area contributed by atoms with Crippen LogP contribution in [0.1, 0.15) is 26.7 Å². The smallest absolute Gasteiger partial charge is 0.308 e. The van der Waals surface area contributed by atoms with Crippen molar-refractivity contribution in [3.63, 3.8) is 0 Å². The fourth-order valence-corrected chi connectivity index (χ4v) is 2.12. The van der Waals surface area contributed by atoms with Crippen LogP contribution in [-0.2, 0) is 9.53 Å². The molecule has 0 atom stereocenters. The molecule has 19 heavy (non-hydrogen) atoms. The molecule has 0 radical (unpaired) electrons. The average Bonchev–Trinajstić information content (AvgIpc) is 2.39. The Balaban J connectivity index is 0.00000324. The van der Waals surface area contributed by atoms with Crippen LogP contribution in [0.4, 0.5) is 0 Å². The normalized spacial score (nSPS) is 17.1. The Bertz CT molecular complexity index is 300. The Hall–Kier alpha value is -0.530. The van der Waals surface area contributed by atoms with E-state index in [9.17, 15) is 4.79 Å². The van der Waals surface area contributed by atoms with Gasteiger partial charge in [0, 0.05) is 26.7 Å². The van der Waals surface area contributed by atoms with E-state index in [1.54, 1.807) is 7.05 Å². The first-order valence-electron chi connectivity index (χ1n) is 6.62. The maximum atomic E-state index is 11.4. The highest BCUT2D eigenvalue weighted by molar-refractivity contribution is 14.0. The molecule has 1 heterocycles. The van der Waals surface area contributed by atoms with Crippen molar-refractivity contribution in [1.82, 2.24) is 10.2 Å². The van der Waals surface area contributed by atoms with Crippen molar-refractivity contribution in [3.8, 4) is 0 Å². The van der Waals surface area contributed by atoms with E-state index in [2.05, 4.69) is 29.1 Å². The number of esters is 1. The van der Waals surface area contributed by atoms with Gasteiger partial charge < -0.3 is 15.0 Å². The van der Waals surface area contributed by atoms with E-state index in [1.807, 2.05) is 0 Å². The van der Waals surface area contributed by atoms with E-state index in [0.29, 0.717) is 5.92 Å². The van der Waals surface area contributed by atoms with Gasteiger partial charge in [-0.05, 0) is 18.8 Å². The lowest BCUT2D eigenvalue weighted by Crippen LogP contribution is -2.47. The number of halogens is 1. The number of hydrogen-bond acceptors (Lipinski definition) is 3. The Morgan fingerprint density at radius 1 is 1.42 bits per heavy atom. The molecule has 112 valence electrons. The van der Waals surface area contributed by atoms with Gasteiger partial charge in [0.1, 0.15) is 0 Å². The van der Waals surface area contributed by atoms with Crippen LogP contribution < -0.4 is 5.32 Å². The summed E-state index contributed by atoms with van der Waals surface area (Å²) in [7, 11) is 3.26. The highest BCUT2D eigenvalue weighted by Gasteiger charge is 2.26. The molecule has 1 rings (SSSR count). The van der Waals surface area contributed by atoms with Gasteiger partial charge in [-0.15, -0.1) is 24.0 Å². The highest BCUT2D eigenvalue weighted by Crippen LogP contribution is 2.18. The first-order valence-corrected chi connectivity index (χ1v) is 6.62. The molecule has 0 aromatic heterocycles. The number of carbonyl (C=O) groups excluding carboxylic acids is 1. The van der Waals surface area contributed by atoms with Crippen LogP contribution in [0.15, 0.2) is 4.99 Å². The van der Waals surface area contributed by atoms with Crippen molar-refractivity contribution in [2.24, 2.45) is 16.8 Å². The Morgan fingerprint density at radius 3 is 2.42 bits per heavy atom. The topological polar surface area (TPSA) is 53.9 Å². The van der Waals surface area contributed by atoms with Gasteiger partial charge in [0.25, 0.3) is 0 Å². The number of methoxy groups -OCH3 is 1. The van der Waals surface area contributed by atoms with Crippen LogP contribution in [-0.4, -0.2) is 50.6 Å². The second-order valence-electron chi connectivity index (χ2n) is 5.11. The molecule has 6 heteroatoms. The van der Waals surface area contributed by atoms with Crippen molar-refractivity contribution in [3.05, 3.63) is 0 Å². The molecule has 5 nitrogen and oxygen atoms in total. The standard InChI is InChI=1S/C13H25N3O2.HI/c1-10(2)9-15-13(14-3)16-7-5-11(6-8-16)12(17)18-4;/h10-11H,5-9H2,1-4H3,(H,14,15);1H. The molecule has 0 unspecified atom stereocenters. The molecule has 0 spiro atoms. The van der Waals surface area contributed by atoms with Crippen LogP contribution in [0.25, 0.3) is 0 Å². The predicted octanol–water partition coefficient (Wildman–Crippen LogP) is 1.72. The lowest BCUT2D eigenvalue weighted by molar-refractivity contribution is -0.146. The number of hydrogen-bond donors (Lipinski definition) is 1. The van der Waals surface area contributed by atoms with E-state index in [4.69, 9.17) is 4.74 Å². The molecular weight excluding hydrogens is 357 g/mol. The van der Waals surface area contributed by atoms with E-state index in [0.717, 1.165) is 38.4 Å². The minimum Gasteiger partial charge on any atom is -0.469 e. The Morgan fingerprint density at radius 2 is 2.00 bits per heavy atom. The number of nitrogens with one attached hydrogen (secondary N) is 1. The zero-order chi connectivity index (χ0) is 13.5. The van der Waals surface area contributed by atoms with Crippen molar-refractivity contribution in [2.45, 2.75) is 26.7 Å². The molecule has 0 aromatic rings. The molecule has 0 saturated carbocycles. The lowest BCUT2D eigenvalue weighted by Gasteiger charge is -2.33. The second kappa shape index (κ2) is 9.39. The molecule has 0 aromatic carbocycles. The van der Waals surface area contributed by atoms with Gasteiger partial charge in [0.15, 0.2) is 5.96 Å². The summed E-state index contributed by atoms with van der Waals surface area (Å²) in [5.41, 5.74) is 0. The summed E-state index contributed by atoms with van der Waals surface area (Å²) in [6, 6.07) is 0. The summed E-state index contributed by atoms with van der Waals surface area (Å²) in [6.45, 7) is 6.98. The van der Waals surface area contributed by atoms with E-state index < -0.39 is 0 Å². The molecule has 1 fully saturated rings. The fraction of sp³-hybridized carbons (Fsp3) is 0.846. The van der Waals surface area contributed by atoms with Gasteiger partial charge in [-0.1, -0.05) is 13.8 Å². The summed E-state index contributed by atoms with van der Waals surface area (Å²) in [5.74, 6) is 1.50. The molecule has 0 aliphatic carbocycles. The molecule has 0 amide bonds. The zero-order valence-electron chi connectivity index (χ0n) is 12.3. The predicted molar refractivity (Wildman–Crippen MR) is 87.9 cm³/mol. The quantitative estimate of drug-likeness (QED) is 0.349. The maximum absolute atomic E-state index is 11.4. The van der Waals surface area contributed by atoms with Gasteiger partial charge in [0.2, 0.25) is 0 Å². The summed E-state index contributed by atoms with van der Waals surface area (Å²) < 4.78 is 4.79. The number of aliphatic imine (C=N–C) groups is 1. The highest BCUT2D eigenvalue weighted by atomic mass is 127. The van der Waals surface area contributed by atoms with Crippen LogP contribution in [0, 0.1) is 11.8 Å². The van der Waals surface area contributed by atoms with Crippen molar-refractivity contribution < 1.29 is 9.53 Å². The zero-order valence-corrected chi connectivity index (χ0v) is 14.6. The first kappa shape index (κ1) is 18.5. The van der Waals surface area contributed by atoms with Crippen LogP contribution in [0.3, 0.4) is 0 Å². The van der Waals surface area contributed by atoms with Crippen molar-refractivity contribution in [2.75, 3.05) is 33.8 Å². The SMILES string of the molecule is CN=C(NCC(C)C)N1CCC(C(=O)OC)CC1.I. The molecule has 1 saturated heterocycles. The average molecular weight is 383 g/mol. The monoisotopic (exact) mass is 383 g/mol. The number of carbonyl (C=O) groups is 1. The number of guanidine groups is 1. The van der Waals surface area contributed by atoms with Crippen LogP contribution >= 0.6 is 24.0 Å². The van der Waals surface area contributed by atoms with Crippen molar-refractivity contribution >= 4 is 35.9 Å². The third-order valence-electron chi connectivity index (χ3n) is 3.21. The molecule has 1 aliphatic rings. The van der Waals surface area contributed by atoms with E-state index in [-0.39, 0.29) is 35.9 Å². The second-order valence-corrected chi connectivity index (χ2v) is 5.11. The summed E-state index contributed by atoms with van der Waals surface area (Å²) in [5, 5.41) is 3.36. The maximum Gasteiger partial charge on any atom is 0.308 e. The third kappa shape index (κ3) is 5.97. The lowest BCUT2D eigenvalue weighted by atomic mass is 9.97. The molecule has 1 aliphatic heterocycles. The summed E-state index contributed by atoms with van der Waals surface area (Å²) in [4.78, 5) is 17.9. The Labute approximate surface area is 133 Å². The number of piperidine rings is 1.